The van der Waals surface area contributed by atoms with Gasteiger partial charge in [-0.3, -0.25) is 9.59 Å². The van der Waals surface area contributed by atoms with Crippen molar-refractivity contribution in [1.29, 1.82) is 0 Å². The summed E-state index contributed by atoms with van der Waals surface area (Å²) in [7, 11) is 4.16. The first kappa shape index (κ1) is 15.8. The Morgan fingerprint density at radius 3 is 2.86 bits per heavy atom. The van der Waals surface area contributed by atoms with Gasteiger partial charge in [-0.15, -0.1) is 0 Å². The van der Waals surface area contributed by atoms with Crippen molar-refractivity contribution in [1.82, 2.24) is 15.2 Å². The highest BCUT2D eigenvalue weighted by molar-refractivity contribution is 5.92. The summed E-state index contributed by atoms with van der Waals surface area (Å²) >= 11 is 0. The molecule has 0 radical (unpaired) electrons. The lowest BCUT2D eigenvalue weighted by atomic mass is 9.75. The highest BCUT2D eigenvalue weighted by Gasteiger charge is 2.37. The van der Waals surface area contributed by atoms with Crippen LogP contribution in [0.15, 0.2) is 23.0 Å². The Balaban J connectivity index is 2.05. The van der Waals surface area contributed by atoms with Crippen molar-refractivity contribution in [3.8, 4) is 0 Å². The molecule has 5 nitrogen and oxygen atoms in total. The molecule has 116 valence electrons. The molecule has 21 heavy (non-hydrogen) atoms. The topological polar surface area (TPSA) is 65.2 Å². The molecule has 0 spiro atoms. The fraction of sp³-hybridized carbons (Fsp3) is 0.625. The van der Waals surface area contributed by atoms with Gasteiger partial charge in [-0.05, 0) is 38.9 Å². The van der Waals surface area contributed by atoms with Gasteiger partial charge in [-0.1, -0.05) is 25.8 Å². The molecule has 1 heterocycles. The van der Waals surface area contributed by atoms with Gasteiger partial charge in [0.1, 0.15) is 5.69 Å². The second kappa shape index (κ2) is 6.43. The van der Waals surface area contributed by atoms with E-state index in [1.165, 1.54) is 18.9 Å². The van der Waals surface area contributed by atoms with Crippen molar-refractivity contribution < 1.29 is 4.79 Å². The van der Waals surface area contributed by atoms with Crippen LogP contribution < -0.4 is 10.9 Å². The molecule has 5 heteroatoms. The predicted molar refractivity (Wildman–Crippen MR) is 83.4 cm³/mol. The van der Waals surface area contributed by atoms with Gasteiger partial charge in [-0.25, -0.2) is 0 Å². The molecule has 0 aromatic carbocycles. The number of nitrogens with zero attached hydrogens (tertiary/aromatic N) is 1. The van der Waals surface area contributed by atoms with E-state index in [0.717, 1.165) is 12.8 Å². The summed E-state index contributed by atoms with van der Waals surface area (Å²) in [5, 5.41) is 2.99. The minimum Gasteiger partial charge on any atom is -0.349 e. The fourth-order valence-corrected chi connectivity index (χ4v) is 3.28. The molecular weight excluding hydrogens is 266 g/mol. The van der Waals surface area contributed by atoms with Crippen LogP contribution in [0, 0.1) is 5.92 Å². The molecule has 1 fully saturated rings. The van der Waals surface area contributed by atoms with E-state index < -0.39 is 0 Å². The maximum Gasteiger partial charge on any atom is 0.267 e. The van der Waals surface area contributed by atoms with E-state index >= 15 is 0 Å². The monoisotopic (exact) mass is 291 g/mol. The number of aromatic amines is 1. The quantitative estimate of drug-likeness (QED) is 0.886. The molecule has 2 N–H and O–H groups in total. The van der Waals surface area contributed by atoms with Gasteiger partial charge in [0.05, 0.1) is 0 Å². The van der Waals surface area contributed by atoms with Crippen LogP contribution in [0.25, 0.3) is 0 Å². The zero-order valence-corrected chi connectivity index (χ0v) is 13.1. The smallest absolute Gasteiger partial charge is 0.267 e. The molecular formula is C16H25N3O2. The van der Waals surface area contributed by atoms with Gasteiger partial charge in [0, 0.05) is 18.2 Å². The van der Waals surface area contributed by atoms with Gasteiger partial charge in [0.15, 0.2) is 0 Å². The van der Waals surface area contributed by atoms with Crippen LogP contribution in [0.5, 0.6) is 0 Å². The summed E-state index contributed by atoms with van der Waals surface area (Å²) in [4.78, 5) is 28.3. The second-order valence-electron chi connectivity index (χ2n) is 6.43. The van der Waals surface area contributed by atoms with Gasteiger partial charge >= 0.3 is 0 Å². The standard InChI is InChI=1S/C16H25N3O2/c1-12-6-5-9-16(10-12,19(2)3)11-17-15(21)13-7-4-8-14(20)18-13/h4,7-8,12H,5-6,9-11H2,1-3H3,(H,17,21)(H,18,20). The van der Waals surface area contributed by atoms with Crippen LogP contribution in [-0.4, -0.2) is 42.0 Å². The summed E-state index contributed by atoms with van der Waals surface area (Å²) < 4.78 is 0. The Morgan fingerprint density at radius 2 is 2.24 bits per heavy atom. The number of rotatable bonds is 4. The molecule has 1 aromatic rings. The average molecular weight is 291 g/mol. The Morgan fingerprint density at radius 1 is 1.48 bits per heavy atom. The van der Waals surface area contributed by atoms with Gasteiger partial charge in [0.2, 0.25) is 5.56 Å². The highest BCUT2D eigenvalue weighted by atomic mass is 16.2. The molecule has 0 aliphatic heterocycles. The molecule has 2 unspecified atom stereocenters. The third-order valence-corrected chi connectivity index (χ3v) is 4.61. The van der Waals surface area contributed by atoms with Crippen molar-refractivity contribution in [2.75, 3.05) is 20.6 Å². The first-order valence-corrected chi connectivity index (χ1v) is 7.58. The van der Waals surface area contributed by atoms with Crippen molar-refractivity contribution in [2.24, 2.45) is 5.92 Å². The molecule has 1 saturated carbocycles. The number of carbonyl (C=O) groups is 1. The summed E-state index contributed by atoms with van der Waals surface area (Å²) in [5.41, 5.74) is 0.0825. The Labute approximate surface area is 125 Å². The van der Waals surface area contributed by atoms with Crippen molar-refractivity contribution >= 4 is 5.91 Å². The number of hydrogen-bond donors (Lipinski definition) is 2. The zero-order chi connectivity index (χ0) is 15.5. The van der Waals surface area contributed by atoms with E-state index in [0.29, 0.717) is 18.2 Å². The van der Waals surface area contributed by atoms with Crippen molar-refractivity contribution in [2.45, 2.75) is 38.1 Å². The Bertz CT molecular complexity index is 552. The lowest BCUT2D eigenvalue weighted by Gasteiger charge is -2.45. The molecule has 2 rings (SSSR count). The van der Waals surface area contributed by atoms with E-state index in [1.54, 1.807) is 12.1 Å². The molecule has 1 aromatic heterocycles. The largest absolute Gasteiger partial charge is 0.349 e. The van der Waals surface area contributed by atoms with Gasteiger partial charge in [-0.2, -0.15) is 0 Å². The number of amides is 1. The fourth-order valence-electron chi connectivity index (χ4n) is 3.28. The number of carbonyl (C=O) groups excluding carboxylic acids is 1. The molecule has 1 aliphatic rings. The lowest BCUT2D eigenvalue weighted by Crippen LogP contribution is -2.55. The van der Waals surface area contributed by atoms with Crippen LogP contribution in [0.3, 0.4) is 0 Å². The van der Waals surface area contributed by atoms with Crippen LogP contribution >= 0.6 is 0 Å². The number of aromatic nitrogens is 1. The minimum atomic E-state index is -0.253. The summed E-state index contributed by atoms with van der Waals surface area (Å²) in [6.07, 6.45) is 4.63. The predicted octanol–water partition coefficient (Wildman–Crippen LogP) is 1.62. The highest BCUT2D eigenvalue weighted by Crippen LogP contribution is 2.35. The normalized spacial score (nSPS) is 25.8. The van der Waals surface area contributed by atoms with E-state index in [-0.39, 0.29) is 17.0 Å². The SMILES string of the molecule is CC1CCCC(CNC(=O)c2cccc(=O)[nH]2)(N(C)C)C1. The Hall–Kier alpha value is -1.62. The van der Waals surface area contributed by atoms with E-state index in [2.05, 4.69) is 36.2 Å². The van der Waals surface area contributed by atoms with Crippen LogP contribution in [-0.2, 0) is 0 Å². The van der Waals surface area contributed by atoms with Gasteiger partial charge in [0.25, 0.3) is 5.91 Å². The first-order chi connectivity index (χ1) is 9.93. The van der Waals surface area contributed by atoms with E-state index in [9.17, 15) is 9.59 Å². The van der Waals surface area contributed by atoms with Crippen LogP contribution in [0.1, 0.15) is 43.1 Å². The minimum absolute atomic E-state index is 0.0163. The van der Waals surface area contributed by atoms with E-state index in [4.69, 9.17) is 0 Å². The van der Waals surface area contributed by atoms with Crippen LogP contribution in [0.4, 0.5) is 0 Å². The number of nitrogens with one attached hydrogen (secondary N) is 2. The summed E-state index contributed by atoms with van der Waals surface area (Å²) in [6, 6.07) is 4.63. The van der Waals surface area contributed by atoms with E-state index in [1.807, 2.05) is 0 Å². The van der Waals surface area contributed by atoms with Crippen molar-refractivity contribution in [3.05, 3.63) is 34.2 Å². The number of pyridine rings is 1. The van der Waals surface area contributed by atoms with Gasteiger partial charge < -0.3 is 15.2 Å². The first-order valence-electron chi connectivity index (χ1n) is 7.58. The van der Waals surface area contributed by atoms with Crippen molar-refractivity contribution in [3.63, 3.8) is 0 Å². The zero-order valence-electron chi connectivity index (χ0n) is 13.1. The third-order valence-electron chi connectivity index (χ3n) is 4.61. The average Bonchev–Trinajstić information content (AvgIpc) is 2.44. The summed E-state index contributed by atoms with van der Waals surface area (Å²) in [5.74, 6) is 0.460. The number of H-pyrrole nitrogens is 1. The maximum absolute atomic E-state index is 12.2. The second-order valence-corrected chi connectivity index (χ2v) is 6.43. The molecule has 0 saturated heterocycles. The van der Waals surface area contributed by atoms with Crippen LogP contribution in [0.2, 0.25) is 0 Å². The number of hydrogen-bond acceptors (Lipinski definition) is 3. The molecule has 1 amide bonds. The molecule has 0 bridgehead atoms. The number of likely N-dealkylation sites (N-methyl/N-ethyl adjacent to an activating group) is 1. The summed E-state index contributed by atoms with van der Waals surface area (Å²) in [6.45, 7) is 2.88. The third kappa shape index (κ3) is 3.73. The maximum atomic E-state index is 12.2. The molecule has 2 atom stereocenters. The molecule has 1 aliphatic carbocycles. The Kier molecular flexibility index (Phi) is 4.83. The lowest BCUT2D eigenvalue weighted by molar-refractivity contribution is 0.0673.